The third kappa shape index (κ3) is 5.08. The number of benzene rings is 2. The Morgan fingerprint density at radius 2 is 2.09 bits per heavy atom. The highest BCUT2D eigenvalue weighted by atomic mass is 16.5. The largest absolute Gasteiger partial charge is 0.493 e. The topological polar surface area (TPSA) is 60.9 Å². The van der Waals surface area contributed by atoms with Crippen LogP contribution in [0.1, 0.15) is 28.9 Å². The van der Waals surface area contributed by atoms with Gasteiger partial charge in [-0.15, -0.1) is 0 Å². The van der Waals surface area contributed by atoms with Crippen LogP contribution in [0.5, 0.6) is 11.5 Å². The van der Waals surface area contributed by atoms with Crippen molar-refractivity contribution in [2.75, 3.05) is 26.9 Å². The van der Waals surface area contributed by atoms with Crippen molar-refractivity contribution >= 4 is 16.8 Å². The first-order valence-electron chi connectivity index (χ1n) is 10.8. The predicted molar refractivity (Wildman–Crippen MR) is 124 cm³/mol. The zero-order chi connectivity index (χ0) is 22.3. The molecule has 32 heavy (non-hydrogen) atoms. The molecular formula is C26H28N2O4. The van der Waals surface area contributed by atoms with Crippen LogP contribution in [0.4, 0.5) is 0 Å². The first kappa shape index (κ1) is 21.8. The molecule has 0 bridgehead atoms. The van der Waals surface area contributed by atoms with Crippen LogP contribution < -0.4 is 9.47 Å². The van der Waals surface area contributed by atoms with Gasteiger partial charge in [0.25, 0.3) is 5.91 Å². The number of hydrogen-bond acceptors (Lipinski definition) is 5. The van der Waals surface area contributed by atoms with Crippen molar-refractivity contribution in [2.24, 2.45) is 0 Å². The fourth-order valence-corrected chi connectivity index (χ4v) is 3.90. The number of amides is 1. The van der Waals surface area contributed by atoms with E-state index in [1.54, 1.807) is 19.3 Å². The van der Waals surface area contributed by atoms with Gasteiger partial charge in [0.05, 0.1) is 18.7 Å². The molecule has 3 aromatic rings. The second-order valence-corrected chi connectivity index (χ2v) is 7.79. The molecule has 2 heterocycles. The van der Waals surface area contributed by atoms with Gasteiger partial charge in [0, 0.05) is 25.1 Å². The summed E-state index contributed by atoms with van der Waals surface area (Å²) in [5.74, 6) is 1.15. The van der Waals surface area contributed by atoms with Crippen molar-refractivity contribution in [2.45, 2.75) is 25.5 Å². The van der Waals surface area contributed by atoms with Crippen LogP contribution in [0, 0.1) is 0 Å². The van der Waals surface area contributed by atoms with Gasteiger partial charge in [-0.1, -0.05) is 43.0 Å². The molecule has 1 aliphatic rings. The van der Waals surface area contributed by atoms with Crippen LogP contribution in [-0.4, -0.2) is 48.8 Å². The van der Waals surface area contributed by atoms with E-state index in [0.29, 0.717) is 36.9 Å². The van der Waals surface area contributed by atoms with E-state index in [0.717, 1.165) is 35.9 Å². The smallest absolute Gasteiger partial charge is 0.272 e. The zero-order valence-electron chi connectivity index (χ0n) is 18.3. The number of para-hydroxylation sites is 1. The molecule has 1 saturated heterocycles. The van der Waals surface area contributed by atoms with Crippen LogP contribution in [-0.2, 0) is 11.3 Å². The summed E-state index contributed by atoms with van der Waals surface area (Å²) in [7, 11) is 1.61. The van der Waals surface area contributed by atoms with Gasteiger partial charge in [-0.25, -0.2) is 4.98 Å². The predicted octanol–water partition coefficient (Wildman–Crippen LogP) is 4.63. The van der Waals surface area contributed by atoms with E-state index in [2.05, 4.69) is 11.6 Å². The summed E-state index contributed by atoms with van der Waals surface area (Å²) >= 11 is 0. The third-order valence-electron chi connectivity index (χ3n) is 5.51. The van der Waals surface area contributed by atoms with Gasteiger partial charge in [0.2, 0.25) is 0 Å². The van der Waals surface area contributed by atoms with Crippen molar-refractivity contribution in [3.05, 3.63) is 78.5 Å². The summed E-state index contributed by atoms with van der Waals surface area (Å²) in [4.78, 5) is 19.9. The number of carbonyl (C=O) groups excluding carboxylic acids is 1. The highest BCUT2D eigenvalue weighted by Gasteiger charge is 2.25. The van der Waals surface area contributed by atoms with E-state index in [1.807, 2.05) is 53.4 Å². The van der Waals surface area contributed by atoms with Crippen LogP contribution in [0.25, 0.3) is 10.9 Å². The van der Waals surface area contributed by atoms with E-state index in [1.165, 1.54) is 0 Å². The lowest BCUT2D eigenvalue weighted by Crippen LogP contribution is -2.37. The second-order valence-electron chi connectivity index (χ2n) is 7.79. The minimum Gasteiger partial charge on any atom is -0.493 e. The van der Waals surface area contributed by atoms with Crippen LogP contribution in [0.3, 0.4) is 0 Å². The fourth-order valence-electron chi connectivity index (χ4n) is 3.90. The lowest BCUT2D eigenvalue weighted by atomic mass is 10.1. The molecule has 0 N–H and O–H groups in total. The van der Waals surface area contributed by atoms with E-state index < -0.39 is 0 Å². The lowest BCUT2D eigenvalue weighted by Gasteiger charge is -2.26. The maximum absolute atomic E-state index is 13.5. The molecule has 0 saturated carbocycles. The number of aromatic nitrogens is 1. The maximum atomic E-state index is 13.5. The molecule has 0 radical (unpaired) electrons. The van der Waals surface area contributed by atoms with Crippen molar-refractivity contribution in [3.8, 4) is 11.5 Å². The molecule has 1 atom stereocenters. The van der Waals surface area contributed by atoms with E-state index in [9.17, 15) is 4.79 Å². The molecule has 166 valence electrons. The van der Waals surface area contributed by atoms with Crippen molar-refractivity contribution in [1.82, 2.24) is 9.88 Å². The Kier molecular flexibility index (Phi) is 7.02. The standard InChI is InChI=1S/C26H28N2O4/c1-3-14-32-24-13-10-19(16-25(24)30-2)17-28(18-21-8-6-15-31-21)26(29)23-12-11-20-7-4-5-9-22(20)27-23/h3-5,7,9-13,16,21H,1,6,8,14-15,17-18H2,2H3/t21-/m0/s1. The summed E-state index contributed by atoms with van der Waals surface area (Å²) in [6.07, 6.45) is 3.69. The zero-order valence-corrected chi connectivity index (χ0v) is 18.3. The van der Waals surface area contributed by atoms with Gasteiger partial charge in [0.1, 0.15) is 12.3 Å². The first-order chi connectivity index (χ1) is 15.7. The Hall–Kier alpha value is -3.38. The molecule has 1 aliphatic heterocycles. The number of pyridine rings is 1. The van der Waals surface area contributed by atoms with Gasteiger partial charge in [-0.3, -0.25) is 4.79 Å². The molecule has 0 aliphatic carbocycles. The van der Waals surface area contributed by atoms with Crippen molar-refractivity contribution < 1.29 is 19.0 Å². The summed E-state index contributed by atoms with van der Waals surface area (Å²) in [5.41, 5.74) is 2.18. The number of rotatable bonds is 9. The quantitative estimate of drug-likeness (QED) is 0.462. The number of carbonyl (C=O) groups is 1. The minimum atomic E-state index is -0.114. The highest BCUT2D eigenvalue weighted by molar-refractivity contribution is 5.95. The Bertz CT molecular complexity index is 1090. The van der Waals surface area contributed by atoms with E-state index in [-0.39, 0.29) is 12.0 Å². The molecule has 1 fully saturated rings. The molecular weight excluding hydrogens is 404 g/mol. The third-order valence-corrected chi connectivity index (χ3v) is 5.51. The summed E-state index contributed by atoms with van der Waals surface area (Å²) in [5, 5.41) is 1.01. The second kappa shape index (κ2) is 10.3. The minimum absolute atomic E-state index is 0.0384. The molecule has 0 unspecified atom stereocenters. The van der Waals surface area contributed by atoms with Gasteiger partial charge < -0.3 is 19.1 Å². The molecule has 6 nitrogen and oxygen atoms in total. The van der Waals surface area contributed by atoms with Crippen LogP contribution >= 0.6 is 0 Å². The molecule has 2 aromatic carbocycles. The first-order valence-corrected chi connectivity index (χ1v) is 10.8. The number of ether oxygens (including phenoxy) is 3. The van der Waals surface area contributed by atoms with Gasteiger partial charge in [-0.05, 0) is 42.7 Å². The molecule has 1 amide bonds. The SMILES string of the molecule is C=CCOc1ccc(CN(C[C@@H]2CCCO2)C(=O)c2ccc3ccccc3n2)cc1OC. The summed E-state index contributed by atoms with van der Waals surface area (Å²) < 4.78 is 17.0. The maximum Gasteiger partial charge on any atom is 0.272 e. The average Bonchev–Trinajstić information content (AvgIpc) is 3.35. The number of fused-ring (bicyclic) bond motifs is 1. The Labute approximate surface area is 188 Å². The van der Waals surface area contributed by atoms with Gasteiger partial charge in [-0.2, -0.15) is 0 Å². The van der Waals surface area contributed by atoms with Crippen LogP contribution in [0.2, 0.25) is 0 Å². The molecule has 0 spiro atoms. The molecule has 6 heteroatoms. The van der Waals surface area contributed by atoms with Crippen molar-refractivity contribution in [3.63, 3.8) is 0 Å². The Morgan fingerprint density at radius 3 is 2.88 bits per heavy atom. The van der Waals surface area contributed by atoms with Gasteiger partial charge >= 0.3 is 0 Å². The molecule has 4 rings (SSSR count). The molecule has 1 aromatic heterocycles. The highest BCUT2D eigenvalue weighted by Crippen LogP contribution is 2.29. The Balaban J connectivity index is 1.59. The number of nitrogens with zero attached hydrogens (tertiary/aromatic N) is 2. The van der Waals surface area contributed by atoms with Crippen molar-refractivity contribution in [1.29, 1.82) is 0 Å². The fraction of sp³-hybridized carbons (Fsp3) is 0.308. The van der Waals surface area contributed by atoms with E-state index >= 15 is 0 Å². The monoisotopic (exact) mass is 432 g/mol. The lowest BCUT2D eigenvalue weighted by molar-refractivity contribution is 0.0503. The van der Waals surface area contributed by atoms with Crippen LogP contribution in [0.15, 0.2) is 67.3 Å². The van der Waals surface area contributed by atoms with E-state index in [4.69, 9.17) is 14.2 Å². The summed E-state index contributed by atoms with van der Waals surface area (Å²) in [6, 6.07) is 17.2. The summed E-state index contributed by atoms with van der Waals surface area (Å²) in [6.45, 7) is 5.75. The number of hydrogen-bond donors (Lipinski definition) is 0. The average molecular weight is 433 g/mol. The normalized spacial score (nSPS) is 15.5. The number of methoxy groups -OCH3 is 1. The Morgan fingerprint density at radius 1 is 1.22 bits per heavy atom. The van der Waals surface area contributed by atoms with Gasteiger partial charge in [0.15, 0.2) is 11.5 Å².